The van der Waals surface area contributed by atoms with Gasteiger partial charge in [0.2, 0.25) is 5.91 Å². The molecule has 1 aliphatic heterocycles. The van der Waals surface area contributed by atoms with Gasteiger partial charge in [-0.1, -0.05) is 6.07 Å². The number of benzene rings is 1. The maximum absolute atomic E-state index is 12.8. The number of piperidine rings is 1. The molecular weight excluding hydrogens is 394 g/mol. The first kappa shape index (κ1) is 20.5. The van der Waals surface area contributed by atoms with E-state index < -0.39 is 0 Å². The molecule has 30 heavy (non-hydrogen) atoms. The Morgan fingerprint density at radius 1 is 1.20 bits per heavy atom. The van der Waals surface area contributed by atoms with Crippen molar-refractivity contribution >= 4 is 50.7 Å². The first-order valence-electron chi connectivity index (χ1n) is 10.6. The minimum Gasteiger partial charge on any atom is -0.348 e. The van der Waals surface area contributed by atoms with Gasteiger partial charge in [-0.25, -0.2) is 0 Å². The molecule has 1 amide bonds. The molecule has 0 spiro atoms. The number of carbonyl (C=O) groups excluding carboxylic acids is 1. The van der Waals surface area contributed by atoms with Crippen molar-refractivity contribution in [3.63, 3.8) is 0 Å². The second kappa shape index (κ2) is 8.92. The van der Waals surface area contributed by atoms with Gasteiger partial charge in [0.25, 0.3) is 0 Å². The third-order valence-electron chi connectivity index (χ3n) is 5.83. The van der Waals surface area contributed by atoms with Crippen molar-refractivity contribution in [3.05, 3.63) is 42.7 Å². The molecule has 6 nitrogen and oxygen atoms in total. The van der Waals surface area contributed by atoms with Crippen LogP contribution in [0, 0.1) is 5.92 Å². The van der Waals surface area contributed by atoms with Crippen molar-refractivity contribution in [2.45, 2.75) is 26.7 Å². The van der Waals surface area contributed by atoms with Gasteiger partial charge in [-0.3, -0.25) is 14.8 Å². The molecule has 1 fully saturated rings. The van der Waals surface area contributed by atoms with E-state index in [1.165, 1.54) is 0 Å². The van der Waals surface area contributed by atoms with Gasteiger partial charge in [0, 0.05) is 49.3 Å². The summed E-state index contributed by atoms with van der Waals surface area (Å²) in [5.41, 5.74) is 2.65. The third-order valence-corrected chi connectivity index (χ3v) is 6.19. The number of amides is 1. The molecule has 0 bridgehead atoms. The van der Waals surface area contributed by atoms with Gasteiger partial charge in [-0.05, 0) is 63.2 Å². The molecule has 7 heteroatoms. The van der Waals surface area contributed by atoms with E-state index in [1.807, 2.05) is 49.1 Å². The highest BCUT2D eigenvalue weighted by Gasteiger charge is 2.29. The Kier molecular flexibility index (Phi) is 6.08. The van der Waals surface area contributed by atoms with Gasteiger partial charge in [0.15, 0.2) is 5.11 Å². The number of carbonyl (C=O) groups is 1. The van der Waals surface area contributed by atoms with Crippen molar-refractivity contribution in [1.82, 2.24) is 19.8 Å². The van der Waals surface area contributed by atoms with Gasteiger partial charge >= 0.3 is 0 Å². The summed E-state index contributed by atoms with van der Waals surface area (Å²) < 4.78 is 0. The molecule has 1 atom stereocenters. The lowest BCUT2D eigenvalue weighted by Crippen LogP contribution is -2.47. The molecular formula is C23H27N5OS. The molecule has 3 aromatic rings. The second-order valence-electron chi connectivity index (χ2n) is 7.62. The number of hydrogen-bond acceptors (Lipinski definition) is 4. The summed E-state index contributed by atoms with van der Waals surface area (Å²) in [5.74, 6) is 0.227. The van der Waals surface area contributed by atoms with E-state index in [-0.39, 0.29) is 11.8 Å². The van der Waals surface area contributed by atoms with E-state index in [2.05, 4.69) is 20.2 Å². The van der Waals surface area contributed by atoms with E-state index in [9.17, 15) is 4.79 Å². The maximum atomic E-state index is 12.8. The van der Waals surface area contributed by atoms with E-state index in [4.69, 9.17) is 12.2 Å². The van der Waals surface area contributed by atoms with Crippen LogP contribution in [0.5, 0.6) is 0 Å². The fourth-order valence-corrected chi connectivity index (χ4v) is 4.52. The summed E-state index contributed by atoms with van der Waals surface area (Å²) in [6, 6.07) is 9.98. The quantitative estimate of drug-likeness (QED) is 0.506. The summed E-state index contributed by atoms with van der Waals surface area (Å²) in [6.07, 6.45) is 5.46. The van der Waals surface area contributed by atoms with Crippen molar-refractivity contribution in [2.75, 3.05) is 31.5 Å². The van der Waals surface area contributed by atoms with Crippen molar-refractivity contribution in [3.8, 4) is 0 Å². The number of likely N-dealkylation sites (tertiary alicyclic amines) is 1. The fraction of sp³-hybridized carbons (Fsp3) is 0.391. The monoisotopic (exact) mass is 421 g/mol. The van der Waals surface area contributed by atoms with Crippen LogP contribution in [0.15, 0.2) is 42.7 Å². The lowest BCUT2D eigenvalue weighted by Gasteiger charge is -2.36. The van der Waals surface area contributed by atoms with Crippen molar-refractivity contribution < 1.29 is 4.79 Å². The zero-order chi connectivity index (χ0) is 21.1. The molecule has 1 unspecified atom stereocenters. The molecule has 4 rings (SSSR count). The molecule has 156 valence electrons. The molecule has 0 aliphatic carbocycles. The van der Waals surface area contributed by atoms with Crippen molar-refractivity contribution in [2.24, 2.45) is 5.92 Å². The van der Waals surface area contributed by atoms with Crippen LogP contribution in [-0.4, -0.2) is 57.0 Å². The van der Waals surface area contributed by atoms with Crippen molar-refractivity contribution in [1.29, 1.82) is 0 Å². The minimum absolute atomic E-state index is 0.00549. The Bertz CT molecular complexity index is 1080. The number of pyridine rings is 2. The first-order valence-corrected chi connectivity index (χ1v) is 11.0. The summed E-state index contributed by atoms with van der Waals surface area (Å²) in [6.45, 7) is 7.06. The largest absolute Gasteiger partial charge is 0.348 e. The Morgan fingerprint density at radius 2 is 1.93 bits per heavy atom. The third kappa shape index (κ3) is 3.94. The highest BCUT2D eigenvalue weighted by atomic mass is 32.1. The normalized spacial score (nSPS) is 16.6. The SMILES string of the molecule is CCN(CC)C(=O)C1CCCN(C(=S)Nc2cc3cccnc3c3cccnc23)C1. The number of thiocarbonyl (C=S) groups is 1. The molecule has 0 radical (unpaired) electrons. The van der Waals surface area contributed by atoms with E-state index in [0.29, 0.717) is 11.7 Å². The zero-order valence-corrected chi connectivity index (χ0v) is 18.3. The average molecular weight is 422 g/mol. The number of anilines is 1. The van der Waals surface area contributed by atoms with Crippen LogP contribution in [0.4, 0.5) is 5.69 Å². The summed E-state index contributed by atoms with van der Waals surface area (Å²) in [4.78, 5) is 26.0. The molecule has 1 saturated heterocycles. The topological polar surface area (TPSA) is 61.4 Å². The summed E-state index contributed by atoms with van der Waals surface area (Å²) in [5, 5.41) is 6.08. The van der Waals surface area contributed by atoms with Crippen LogP contribution >= 0.6 is 12.2 Å². The molecule has 2 aromatic heterocycles. The second-order valence-corrected chi connectivity index (χ2v) is 8.01. The van der Waals surface area contributed by atoms with Gasteiger partial charge in [-0.2, -0.15) is 0 Å². The Labute approximate surface area is 182 Å². The van der Waals surface area contributed by atoms with E-state index in [0.717, 1.165) is 60.0 Å². The maximum Gasteiger partial charge on any atom is 0.227 e. The fourth-order valence-electron chi connectivity index (χ4n) is 4.24. The number of aromatic nitrogens is 2. The van der Waals surface area contributed by atoms with Crippen LogP contribution in [0.1, 0.15) is 26.7 Å². The molecule has 3 heterocycles. The van der Waals surface area contributed by atoms with Gasteiger partial charge in [-0.15, -0.1) is 0 Å². The zero-order valence-electron chi connectivity index (χ0n) is 17.5. The van der Waals surface area contributed by atoms with Gasteiger partial charge < -0.3 is 15.1 Å². The van der Waals surface area contributed by atoms with E-state index in [1.54, 1.807) is 12.4 Å². The number of nitrogens with zero attached hydrogens (tertiary/aromatic N) is 4. The minimum atomic E-state index is -0.00549. The smallest absolute Gasteiger partial charge is 0.227 e. The highest BCUT2D eigenvalue weighted by molar-refractivity contribution is 7.80. The van der Waals surface area contributed by atoms with Gasteiger partial charge in [0.1, 0.15) is 0 Å². The van der Waals surface area contributed by atoms with Crippen LogP contribution in [-0.2, 0) is 4.79 Å². The highest BCUT2D eigenvalue weighted by Crippen LogP contribution is 2.30. The standard InChI is InChI=1S/C23H27N5OS/c1-3-27(4-2)22(29)17-9-7-13-28(15-17)23(30)26-19-14-16-8-5-11-24-20(16)18-10-6-12-25-21(18)19/h5-6,8,10-12,14,17H,3-4,7,9,13,15H2,1-2H3,(H,26,30). The number of rotatable bonds is 4. The molecule has 1 N–H and O–H groups in total. The van der Waals surface area contributed by atoms with Crippen LogP contribution in [0.2, 0.25) is 0 Å². The van der Waals surface area contributed by atoms with Crippen LogP contribution in [0.25, 0.3) is 21.8 Å². The summed E-state index contributed by atoms with van der Waals surface area (Å²) in [7, 11) is 0. The number of hydrogen-bond donors (Lipinski definition) is 1. The Balaban J connectivity index is 1.57. The van der Waals surface area contributed by atoms with E-state index >= 15 is 0 Å². The van der Waals surface area contributed by atoms with Gasteiger partial charge in [0.05, 0.1) is 22.6 Å². The lowest BCUT2D eigenvalue weighted by molar-refractivity contribution is -0.136. The lowest BCUT2D eigenvalue weighted by atomic mass is 9.96. The number of nitrogens with one attached hydrogen (secondary N) is 1. The average Bonchev–Trinajstić information content (AvgIpc) is 2.80. The Morgan fingerprint density at radius 3 is 2.70 bits per heavy atom. The molecule has 0 saturated carbocycles. The van der Waals surface area contributed by atoms with Crippen LogP contribution < -0.4 is 5.32 Å². The van der Waals surface area contributed by atoms with Crippen LogP contribution in [0.3, 0.4) is 0 Å². The summed E-state index contributed by atoms with van der Waals surface area (Å²) >= 11 is 5.75. The number of fused-ring (bicyclic) bond motifs is 3. The predicted molar refractivity (Wildman–Crippen MR) is 125 cm³/mol. The predicted octanol–water partition coefficient (Wildman–Crippen LogP) is 4.06. The Hall–Kier alpha value is -2.80. The molecule has 1 aromatic carbocycles. The first-order chi connectivity index (χ1) is 14.6. The molecule has 1 aliphatic rings.